The van der Waals surface area contributed by atoms with Gasteiger partial charge in [0.25, 0.3) is 0 Å². The predicted molar refractivity (Wildman–Crippen MR) is 63.4 cm³/mol. The van der Waals surface area contributed by atoms with Crippen molar-refractivity contribution in [1.82, 2.24) is 15.0 Å². The van der Waals surface area contributed by atoms with Crippen molar-refractivity contribution in [3.05, 3.63) is 5.28 Å². The molecule has 6 nitrogen and oxygen atoms in total. The van der Waals surface area contributed by atoms with E-state index in [-0.39, 0.29) is 11.3 Å². The van der Waals surface area contributed by atoms with Crippen LogP contribution in [0.3, 0.4) is 0 Å². The zero-order valence-corrected chi connectivity index (χ0v) is 10.4. The second-order valence-electron chi connectivity index (χ2n) is 3.86. The first-order valence-corrected chi connectivity index (χ1v) is 5.93. The van der Waals surface area contributed by atoms with E-state index in [2.05, 4.69) is 20.3 Å². The Morgan fingerprint density at radius 2 is 2.18 bits per heavy atom. The van der Waals surface area contributed by atoms with Crippen LogP contribution in [0.4, 0.5) is 5.95 Å². The normalized spacial score (nSPS) is 14.7. The molecule has 1 aliphatic carbocycles. The number of rotatable bonds is 7. The van der Waals surface area contributed by atoms with Crippen LogP contribution >= 0.6 is 11.6 Å². The number of hydrogen-bond donors (Lipinski definition) is 1. The fourth-order valence-corrected chi connectivity index (χ4v) is 1.42. The van der Waals surface area contributed by atoms with Gasteiger partial charge in [-0.15, -0.1) is 0 Å². The molecule has 0 amide bonds. The summed E-state index contributed by atoms with van der Waals surface area (Å²) in [6.07, 6.45) is 2.60. The molecule has 1 fully saturated rings. The fraction of sp³-hybridized carbons (Fsp3) is 0.700. The van der Waals surface area contributed by atoms with Gasteiger partial charge in [0, 0.05) is 13.2 Å². The van der Waals surface area contributed by atoms with E-state index in [1.807, 2.05) is 0 Å². The van der Waals surface area contributed by atoms with Crippen LogP contribution in [0, 0.1) is 5.92 Å². The molecule has 0 unspecified atom stereocenters. The zero-order chi connectivity index (χ0) is 12.1. The molecule has 94 valence electrons. The van der Waals surface area contributed by atoms with Crippen molar-refractivity contribution in [2.24, 2.45) is 5.92 Å². The van der Waals surface area contributed by atoms with E-state index in [0.29, 0.717) is 19.1 Å². The summed E-state index contributed by atoms with van der Waals surface area (Å²) in [5.74, 6) is 1.18. The molecule has 17 heavy (non-hydrogen) atoms. The van der Waals surface area contributed by atoms with Gasteiger partial charge in [-0.2, -0.15) is 15.0 Å². The van der Waals surface area contributed by atoms with Gasteiger partial charge >= 0.3 is 6.01 Å². The van der Waals surface area contributed by atoms with Crippen LogP contribution in [0.5, 0.6) is 6.01 Å². The summed E-state index contributed by atoms with van der Waals surface area (Å²) in [6, 6.07) is 0.200. The topological polar surface area (TPSA) is 69.2 Å². The highest BCUT2D eigenvalue weighted by atomic mass is 35.5. The molecule has 1 N–H and O–H groups in total. The molecule has 0 atom stereocenters. The Morgan fingerprint density at radius 3 is 2.88 bits per heavy atom. The first-order valence-electron chi connectivity index (χ1n) is 5.55. The molecule has 2 rings (SSSR count). The van der Waals surface area contributed by atoms with Gasteiger partial charge in [0.2, 0.25) is 11.2 Å². The largest absolute Gasteiger partial charge is 0.467 e. The van der Waals surface area contributed by atoms with Crippen LogP contribution in [-0.4, -0.2) is 41.8 Å². The van der Waals surface area contributed by atoms with Gasteiger partial charge in [0.05, 0.1) is 13.7 Å². The highest BCUT2D eigenvalue weighted by molar-refractivity contribution is 6.28. The average molecular weight is 259 g/mol. The Kier molecular flexibility index (Phi) is 4.33. The molecular weight excluding hydrogens is 244 g/mol. The summed E-state index contributed by atoms with van der Waals surface area (Å²) in [5.41, 5.74) is 0. The highest BCUT2D eigenvalue weighted by Crippen LogP contribution is 2.28. The number of ether oxygens (including phenoxy) is 2. The molecular formula is C10H15ClN4O2. The second kappa shape index (κ2) is 5.97. The molecule has 1 aliphatic rings. The maximum Gasteiger partial charge on any atom is 0.322 e. The third-order valence-electron chi connectivity index (χ3n) is 2.35. The van der Waals surface area contributed by atoms with Crippen LogP contribution in [0.1, 0.15) is 12.8 Å². The SMILES string of the molecule is COc1nc(Cl)nc(NCCOCC2CC2)n1. The van der Waals surface area contributed by atoms with E-state index in [4.69, 9.17) is 21.1 Å². The second-order valence-corrected chi connectivity index (χ2v) is 4.20. The number of halogens is 1. The first kappa shape index (κ1) is 12.3. The summed E-state index contributed by atoms with van der Waals surface area (Å²) in [5, 5.41) is 3.11. The lowest BCUT2D eigenvalue weighted by Crippen LogP contribution is -2.13. The Balaban J connectivity index is 1.71. The molecule has 1 heterocycles. The van der Waals surface area contributed by atoms with Crippen LogP contribution < -0.4 is 10.1 Å². The molecule has 0 saturated heterocycles. The summed E-state index contributed by atoms with van der Waals surface area (Å²) in [4.78, 5) is 11.7. The first-order chi connectivity index (χ1) is 8.28. The van der Waals surface area contributed by atoms with Crippen molar-refractivity contribution in [3.63, 3.8) is 0 Å². The van der Waals surface area contributed by atoms with Crippen molar-refractivity contribution in [2.75, 3.05) is 32.2 Å². The van der Waals surface area contributed by atoms with E-state index >= 15 is 0 Å². The van der Waals surface area contributed by atoms with Crippen LogP contribution in [0.2, 0.25) is 5.28 Å². The quantitative estimate of drug-likeness (QED) is 0.745. The Bertz CT molecular complexity index is 373. The van der Waals surface area contributed by atoms with E-state index in [1.165, 1.54) is 20.0 Å². The lowest BCUT2D eigenvalue weighted by molar-refractivity contribution is 0.133. The minimum absolute atomic E-state index is 0.109. The van der Waals surface area contributed by atoms with Gasteiger partial charge in [-0.25, -0.2) is 0 Å². The molecule has 1 aromatic heterocycles. The Morgan fingerprint density at radius 1 is 1.35 bits per heavy atom. The lowest BCUT2D eigenvalue weighted by atomic mass is 10.5. The summed E-state index contributed by atoms with van der Waals surface area (Å²) < 4.78 is 10.4. The van der Waals surface area contributed by atoms with Crippen molar-refractivity contribution in [2.45, 2.75) is 12.8 Å². The number of nitrogens with one attached hydrogen (secondary N) is 1. The fourth-order valence-electron chi connectivity index (χ4n) is 1.27. The lowest BCUT2D eigenvalue weighted by Gasteiger charge is -2.06. The number of methoxy groups -OCH3 is 1. The molecule has 1 aromatic rings. The molecule has 0 aliphatic heterocycles. The predicted octanol–water partition coefficient (Wildman–Crippen LogP) is 1.37. The standard InChI is InChI=1S/C10H15ClN4O2/c1-16-10-14-8(11)13-9(15-10)12-4-5-17-6-7-2-3-7/h7H,2-6H2,1H3,(H,12,13,14,15). The van der Waals surface area contributed by atoms with Crippen molar-refractivity contribution >= 4 is 17.5 Å². The van der Waals surface area contributed by atoms with Gasteiger partial charge in [-0.05, 0) is 30.4 Å². The van der Waals surface area contributed by atoms with E-state index < -0.39 is 0 Å². The molecule has 0 spiro atoms. The van der Waals surface area contributed by atoms with Crippen LogP contribution in [0.25, 0.3) is 0 Å². The molecule has 0 bridgehead atoms. The molecule has 0 radical (unpaired) electrons. The monoisotopic (exact) mass is 258 g/mol. The third-order valence-corrected chi connectivity index (χ3v) is 2.52. The number of anilines is 1. The maximum absolute atomic E-state index is 5.71. The molecule has 0 aromatic carbocycles. The molecule has 1 saturated carbocycles. The van der Waals surface area contributed by atoms with Crippen molar-refractivity contribution in [1.29, 1.82) is 0 Å². The average Bonchev–Trinajstić information content (AvgIpc) is 3.12. The summed E-state index contributed by atoms with van der Waals surface area (Å²) in [6.45, 7) is 2.11. The van der Waals surface area contributed by atoms with Crippen molar-refractivity contribution < 1.29 is 9.47 Å². The summed E-state index contributed by atoms with van der Waals surface area (Å²) in [7, 11) is 1.48. The Hall–Kier alpha value is -1.14. The van der Waals surface area contributed by atoms with Crippen molar-refractivity contribution in [3.8, 4) is 6.01 Å². The Labute approximate surface area is 105 Å². The minimum Gasteiger partial charge on any atom is -0.467 e. The van der Waals surface area contributed by atoms with Gasteiger partial charge in [-0.3, -0.25) is 0 Å². The number of aromatic nitrogens is 3. The van der Waals surface area contributed by atoms with Gasteiger partial charge in [0.1, 0.15) is 0 Å². The molecule has 7 heteroatoms. The van der Waals surface area contributed by atoms with Crippen LogP contribution in [-0.2, 0) is 4.74 Å². The smallest absolute Gasteiger partial charge is 0.322 e. The van der Waals surface area contributed by atoms with Gasteiger partial charge in [0.15, 0.2) is 0 Å². The number of nitrogens with zero attached hydrogens (tertiary/aromatic N) is 3. The summed E-state index contributed by atoms with van der Waals surface area (Å²) >= 11 is 5.71. The third kappa shape index (κ3) is 4.32. The zero-order valence-electron chi connectivity index (χ0n) is 9.65. The maximum atomic E-state index is 5.71. The van der Waals surface area contributed by atoms with Crippen LogP contribution in [0.15, 0.2) is 0 Å². The van der Waals surface area contributed by atoms with Gasteiger partial charge < -0.3 is 14.8 Å². The highest BCUT2D eigenvalue weighted by Gasteiger charge is 2.20. The van der Waals surface area contributed by atoms with E-state index in [1.54, 1.807) is 0 Å². The number of hydrogen-bond acceptors (Lipinski definition) is 6. The van der Waals surface area contributed by atoms with Gasteiger partial charge in [-0.1, -0.05) is 0 Å². The van der Waals surface area contributed by atoms with E-state index in [9.17, 15) is 0 Å². The minimum atomic E-state index is 0.109. The van der Waals surface area contributed by atoms with E-state index in [0.717, 1.165) is 12.5 Å².